The molecule has 0 aliphatic heterocycles. The van der Waals surface area contributed by atoms with Crippen molar-refractivity contribution in [3.05, 3.63) is 83.4 Å². The van der Waals surface area contributed by atoms with Crippen molar-refractivity contribution >= 4 is 16.7 Å². The van der Waals surface area contributed by atoms with Gasteiger partial charge in [0.15, 0.2) is 0 Å². The van der Waals surface area contributed by atoms with E-state index in [0.29, 0.717) is 5.56 Å². The van der Waals surface area contributed by atoms with E-state index in [0.717, 1.165) is 12.1 Å². The summed E-state index contributed by atoms with van der Waals surface area (Å²) >= 11 is 0. The molecule has 0 aliphatic carbocycles. The number of carbonyl (C=O) groups is 1. The van der Waals surface area contributed by atoms with Crippen molar-refractivity contribution in [2.45, 2.75) is 19.5 Å². The molecule has 0 amide bonds. The molecule has 0 unspecified atom stereocenters. The Morgan fingerprint density at radius 3 is 2.38 bits per heavy atom. The average molecular weight is 319 g/mol. The molecule has 0 bridgehead atoms. The van der Waals surface area contributed by atoms with Crippen LogP contribution in [0.3, 0.4) is 0 Å². The minimum atomic E-state index is -0.890. The molecular weight excluding hydrogens is 298 g/mol. The Bertz CT molecular complexity index is 850. The van der Waals surface area contributed by atoms with Gasteiger partial charge >= 0.3 is 5.97 Å². The molecule has 0 heterocycles. The molecule has 3 heteroatoms. The van der Waals surface area contributed by atoms with Crippen LogP contribution in [-0.2, 0) is 6.54 Å². The first-order valence-corrected chi connectivity index (χ1v) is 8.06. The van der Waals surface area contributed by atoms with E-state index in [-0.39, 0.29) is 6.04 Å². The molecule has 1 N–H and O–H groups in total. The topological polar surface area (TPSA) is 40.5 Å². The normalized spacial score (nSPS) is 12.5. The molecule has 3 nitrogen and oxygen atoms in total. The number of nitrogens with zero attached hydrogens (tertiary/aromatic N) is 1. The first-order valence-electron chi connectivity index (χ1n) is 8.06. The van der Waals surface area contributed by atoms with Gasteiger partial charge in [0.2, 0.25) is 0 Å². The summed E-state index contributed by atoms with van der Waals surface area (Å²) in [5.41, 5.74) is 2.73. The predicted molar refractivity (Wildman–Crippen MR) is 97.2 cm³/mol. The molecule has 122 valence electrons. The zero-order valence-electron chi connectivity index (χ0n) is 13.9. The Kier molecular flexibility index (Phi) is 4.63. The third kappa shape index (κ3) is 3.31. The fraction of sp³-hybridized carbons (Fsp3) is 0.190. The van der Waals surface area contributed by atoms with Crippen molar-refractivity contribution in [1.29, 1.82) is 0 Å². The lowest BCUT2D eigenvalue weighted by Crippen LogP contribution is -2.22. The molecule has 0 spiro atoms. The van der Waals surface area contributed by atoms with E-state index in [9.17, 15) is 4.79 Å². The van der Waals surface area contributed by atoms with Crippen LogP contribution in [0.1, 0.15) is 34.5 Å². The van der Waals surface area contributed by atoms with Gasteiger partial charge in [-0.3, -0.25) is 4.90 Å². The largest absolute Gasteiger partial charge is 0.478 e. The predicted octanol–water partition coefficient (Wildman–Crippen LogP) is 4.73. The fourth-order valence-electron chi connectivity index (χ4n) is 3.03. The highest BCUT2D eigenvalue weighted by atomic mass is 16.4. The lowest BCUT2D eigenvalue weighted by atomic mass is 9.98. The van der Waals surface area contributed by atoms with Gasteiger partial charge in [-0.25, -0.2) is 4.79 Å². The van der Waals surface area contributed by atoms with Gasteiger partial charge in [0.25, 0.3) is 0 Å². The maximum absolute atomic E-state index is 10.9. The molecule has 0 aromatic heterocycles. The Hall–Kier alpha value is -2.65. The van der Waals surface area contributed by atoms with Crippen molar-refractivity contribution in [3.63, 3.8) is 0 Å². The van der Waals surface area contributed by atoms with Crippen LogP contribution < -0.4 is 0 Å². The first kappa shape index (κ1) is 16.2. The van der Waals surface area contributed by atoms with Gasteiger partial charge in [-0.1, -0.05) is 54.6 Å². The Morgan fingerprint density at radius 2 is 1.67 bits per heavy atom. The highest BCUT2D eigenvalue weighted by Crippen LogP contribution is 2.28. The molecule has 3 aromatic carbocycles. The van der Waals surface area contributed by atoms with Crippen LogP contribution in [0.15, 0.2) is 66.7 Å². The number of fused-ring (bicyclic) bond motifs is 1. The molecule has 0 radical (unpaired) electrons. The molecule has 0 fully saturated rings. The summed E-state index contributed by atoms with van der Waals surface area (Å²) < 4.78 is 0. The monoisotopic (exact) mass is 319 g/mol. The highest BCUT2D eigenvalue weighted by molar-refractivity contribution is 5.87. The summed E-state index contributed by atoms with van der Waals surface area (Å²) in [6.07, 6.45) is 0. The second-order valence-corrected chi connectivity index (χ2v) is 6.16. The van der Waals surface area contributed by atoms with Crippen molar-refractivity contribution in [2.75, 3.05) is 7.05 Å². The third-order valence-corrected chi connectivity index (χ3v) is 4.57. The quantitative estimate of drug-likeness (QED) is 0.739. The maximum atomic E-state index is 10.9. The minimum absolute atomic E-state index is 0.259. The standard InChI is InChI=1S/C21H21NO2/c1-15(19-9-5-7-17-6-3-4-8-20(17)19)22(2)14-16-10-12-18(13-11-16)21(23)24/h3-13,15H,14H2,1-2H3,(H,23,24)/t15-/m1/s1. The molecular formula is C21H21NO2. The Balaban J connectivity index is 1.81. The Labute approximate surface area is 142 Å². The van der Waals surface area contributed by atoms with Crippen LogP contribution in [-0.4, -0.2) is 23.0 Å². The van der Waals surface area contributed by atoms with E-state index in [1.807, 2.05) is 12.1 Å². The van der Waals surface area contributed by atoms with Gasteiger partial charge < -0.3 is 5.11 Å². The van der Waals surface area contributed by atoms with Gasteiger partial charge in [0.1, 0.15) is 0 Å². The number of aromatic carboxylic acids is 1. The van der Waals surface area contributed by atoms with Crippen LogP contribution in [0, 0.1) is 0 Å². The Morgan fingerprint density at radius 1 is 1.00 bits per heavy atom. The van der Waals surface area contributed by atoms with Gasteiger partial charge in [-0.05, 0) is 48.0 Å². The number of benzene rings is 3. The molecule has 3 aromatic rings. The zero-order chi connectivity index (χ0) is 17.1. The molecule has 3 rings (SSSR count). The van der Waals surface area contributed by atoms with Crippen LogP contribution in [0.5, 0.6) is 0 Å². The number of carboxylic acids is 1. The summed E-state index contributed by atoms with van der Waals surface area (Å²) in [6, 6.07) is 22.2. The smallest absolute Gasteiger partial charge is 0.335 e. The van der Waals surface area contributed by atoms with Gasteiger partial charge in [-0.2, -0.15) is 0 Å². The summed E-state index contributed by atoms with van der Waals surface area (Å²) in [6.45, 7) is 2.97. The van der Waals surface area contributed by atoms with Gasteiger partial charge in [0, 0.05) is 12.6 Å². The zero-order valence-corrected chi connectivity index (χ0v) is 13.9. The second-order valence-electron chi connectivity index (χ2n) is 6.16. The van der Waals surface area contributed by atoms with Crippen LogP contribution >= 0.6 is 0 Å². The summed E-state index contributed by atoms with van der Waals surface area (Å²) in [7, 11) is 2.09. The first-order chi connectivity index (χ1) is 11.6. The van der Waals surface area contributed by atoms with Crippen molar-refractivity contribution in [1.82, 2.24) is 4.90 Å². The fourth-order valence-corrected chi connectivity index (χ4v) is 3.03. The average Bonchev–Trinajstić information content (AvgIpc) is 2.61. The van der Waals surface area contributed by atoms with Crippen molar-refractivity contribution in [2.24, 2.45) is 0 Å². The van der Waals surface area contributed by atoms with Crippen molar-refractivity contribution in [3.8, 4) is 0 Å². The second kappa shape index (κ2) is 6.85. The van der Waals surface area contributed by atoms with Crippen LogP contribution in [0.25, 0.3) is 10.8 Å². The summed E-state index contributed by atoms with van der Waals surface area (Å²) in [4.78, 5) is 13.2. The molecule has 24 heavy (non-hydrogen) atoms. The summed E-state index contributed by atoms with van der Waals surface area (Å²) in [5, 5.41) is 11.5. The molecule has 0 saturated carbocycles. The molecule has 0 aliphatic rings. The van der Waals surface area contributed by atoms with E-state index < -0.39 is 5.97 Å². The maximum Gasteiger partial charge on any atom is 0.335 e. The van der Waals surface area contributed by atoms with Gasteiger partial charge in [-0.15, -0.1) is 0 Å². The minimum Gasteiger partial charge on any atom is -0.478 e. The number of rotatable bonds is 5. The van der Waals surface area contributed by atoms with Crippen molar-refractivity contribution < 1.29 is 9.90 Å². The number of carboxylic acid groups (broad SMARTS) is 1. The SMILES string of the molecule is C[C@H](c1cccc2ccccc12)N(C)Cc1ccc(C(=O)O)cc1. The molecule has 0 saturated heterocycles. The van der Waals surface area contributed by atoms with E-state index in [2.05, 4.69) is 61.3 Å². The lowest BCUT2D eigenvalue weighted by molar-refractivity contribution is 0.0697. The number of hydrogen-bond donors (Lipinski definition) is 1. The molecule has 1 atom stereocenters. The van der Waals surface area contributed by atoms with Crippen LogP contribution in [0.4, 0.5) is 0 Å². The van der Waals surface area contributed by atoms with Crippen LogP contribution in [0.2, 0.25) is 0 Å². The number of hydrogen-bond acceptors (Lipinski definition) is 2. The summed E-state index contributed by atoms with van der Waals surface area (Å²) in [5.74, 6) is -0.890. The van der Waals surface area contributed by atoms with E-state index in [4.69, 9.17) is 5.11 Å². The lowest BCUT2D eigenvalue weighted by Gasteiger charge is -2.26. The highest BCUT2D eigenvalue weighted by Gasteiger charge is 2.14. The van der Waals surface area contributed by atoms with E-state index >= 15 is 0 Å². The van der Waals surface area contributed by atoms with Gasteiger partial charge in [0.05, 0.1) is 5.56 Å². The third-order valence-electron chi connectivity index (χ3n) is 4.57. The van der Waals surface area contributed by atoms with E-state index in [1.54, 1.807) is 12.1 Å². The van der Waals surface area contributed by atoms with E-state index in [1.165, 1.54) is 16.3 Å².